The summed E-state index contributed by atoms with van der Waals surface area (Å²) < 4.78 is 16.4. The van der Waals surface area contributed by atoms with E-state index in [-0.39, 0.29) is 34.9 Å². The number of methoxy groups -OCH3 is 2. The number of nitrogens with one attached hydrogen (secondary N) is 1. The molecule has 11 heteroatoms. The molecule has 0 radical (unpaired) electrons. The first-order valence-corrected chi connectivity index (χ1v) is 12.6. The SMILES string of the molecule is COC1/C=C/C=C(\C)C(=O)NC2=CC(=O)C([15NH2])=C(C[C@H](C)CC(OC)[C@@H](O)[C@H](C)/C=C(\C)[C@H]1O[13C]([15NH2])=O)C2=O. The molecule has 1 aliphatic heterocycles. The molecule has 11 nitrogen and oxygen atoms in total. The standard InChI is InChI=1S/C28H39N3O8/c1-14-10-18-23(29)20(32)13-19(25(18)34)31-27(35)15(2)8-7-9-21(37-5)26(39-28(30)36)17(4)12-16(3)24(33)22(11-14)38-6/h7-9,12-14,16,21-22,24,26,33H,10-11,29H2,1-6H3,(H2,30,36)(H,31,35)/b9-7+,15-8+,17-12+/t14-,16+,21?,22?,24-,26+/m0/s1/i28+1,29+1,30+1. The molecule has 1 heterocycles. The normalized spacial score (nSPS) is 33.3. The number of hydrogen-bond donors (Lipinski definition) is 4. The van der Waals surface area contributed by atoms with E-state index in [0.29, 0.717) is 12.0 Å². The average Bonchev–Trinajstić information content (AvgIpc) is 2.88. The Kier molecular flexibility index (Phi) is 11.4. The van der Waals surface area contributed by atoms with E-state index in [1.165, 1.54) is 33.3 Å². The van der Waals surface area contributed by atoms with Crippen molar-refractivity contribution >= 4 is 23.6 Å². The quantitative estimate of drug-likeness (QED) is 0.177. The predicted molar refractivity (Wildman–Crippen MR) is 144 cm³/mol. The number of ketones is 2. The minimum atomic E-state index is -1.00. The minimum absolute atomic E-state index is 0.104. The van der Waals surface area contributed by atoms with Crippen LogP contribution < -0.4 is 16.8 Å². The lowest BCUT2D eigenvalue weighted by atomic mass is 9.85. The molecular formula is C28H39N3O8. The summed E-state index contributed by atoms with van der Waals surface area (Å²) in [6, 6.07) is 0. The molecule has 6 atom stereocenters. The van der Waals surface area contributed by atoms with Crippen LogP contribution in [0.3, 0.4) is 0 Å². The fraction of sp³-hybridized carbons (Fsp3) is 0.500. The minimum Gasteiger partial charge on any atom is -0.439 e. The lowest BCUT2D eigenvalue weighted by Crippen LogP contribution is -2.37. The van der Waals surface area contributed by atoms with Crippen LogP contribution in [0.25, 0.3) is 0 Å². The molecule has 1 aliphatic carbocycles. The van der Waals surface area contributed by atoms with Gasteiger partial charge in [-0.3, -0.25) is 14.4 Å². The maximum absolute atomic E-state index is 13.2. The summed E-state index contributed by atoms with van der Waals surface area (Å²) in [6.45, 7) is 6.89. The number of rotatable bonds is 3. The number of nitrogens with two attached hydrogens (primary N) is 2. The third kappa shape index (κ3) is 8.22. The Balaban J connectivity index is 2.58. The van der Waals surface area contributed by atoms with E-state index in [2.05, 4.69) is 5.32 Å². The third-order valence-corrected chi connectivity index (χ3v) is 6.84. The van der Waals surface area contributed by atoms with Crippen LogP contribution in [0.1, 0.15) is 40.5 Å². The number of carbonyl (C=O) groups is 4. The molecule has 2 bridgehead atoms. The number of amides is 2. The van der Waals surface area contributed by atoms with Gasteiger partial charge in [-0.15, -0.1) is 0 Å². The Hall–Kier alpha value is -3.54. The van der Waals surface area contributed by atoms with Gasteiger partial charge in [0.15, 0.2) is 6.10 Å². The molecule has 214 valence electrons. The molecule has 0 aromatic carbocycles. The number of Topliss-reactive ketones (excluding diaryl/α,β-unsaturated/α-hetero) is 1. The summed E-state index contributed by atoms with van der Waals surface area (Å²) in [6.07, 6.45) is 3.55. The summed E-state index contributed by atoms with van der Waals surface area (Å²) in [5.74, 6) is -2.37. The first-order valence-electron chi connectivity index (χ1n) is 12.6. The number of fused-ring (bicyclic) bond motifs is 2. The fourth-order valence-electron chi connectivity index (χ4n) is 4.61. The highest BCUT2D eigenvalue weighted by atomic mass is 16.7. The number of primary amides is 1. The first kappa shape index (κ1) is 31.7. The topological polar surface area (TPSA) is 180 Å². The van der Waals surface area contributed by atoms with Crippen LogP contribution in [-0.4, -0.2) is 67.3 Å². The van der Waals surface area contributed by atoms with Gasteiger partial charge in [0.2, 0.25) is 11.6 Å². The van der Waals surface area contributed by atoms with Gasteiger partial charge in [-0.25, -0.2) is 4.79 Å². The molecule has 39 heavy (non-hydrogen) atoms. The lowest BCUT2D eigenvalue weighted by molar-refractivity contribution is -0.120. The van der Waals surface area contributed by atoms with Gasteiger partial charge in [-0.1, -0.05) is 38.2 Å². The summed E-state index contributed by atoms with van der Waals surface area (Å²) in [4.78, 5) is 50.1. The van der Waals surface area contributed by atoms with Crippen LogP contribution in [0.15, 0.2) is 58.5 Å². The van der Waals surface area contributed by atoms with Crippen LogP contribution in [0.2, 0.25) is 0 Å². The van der Waals surface area contributed by atoms with Gasteiger partial charge < -0.3 is 36.1 Å². The number of carbonyl (C=O) groups excluding carboxylic acids is 4. The Bertz CT molecular complexity index is 1130. The second kappa shape index (κ2) is 14.0. The molecule has 0 saturated carbocycles. The van der Waals surface area contributed by atoms with E-state index in [9.17, 15) is 24.3 Å². The summed E-state index contributed by atoms with van der Waals surface area (Å²) in [7, 11) is 2.90. The van der Waals surface area contributed by atoms with Gasteiger partial charge >= 0.3 is 6.09 Å². The molecule has 0 aromatic rings. The number of hydrogen-bond acceptors (Lipinski definition) is 9. The van der Waals surface area contributed by atoms with Crippen molar-refractivity contribution in [3.8, 4) is 0 Å². The smallest absolute Gasteiger partial charge is 0.405 e. The number of aliphatic hydroxyl groups excluding tert-OH is 1. The predicted octanol–water partition coefficient (Wildman–Crippen LogP) is 1.72. The van der Waals surface area contributed by atoms with Crippen LogP contribution in [0.4, 0.5) is 4.79 Å². The Morgan fingerprint density at radius 3 is 2.38 bits per heavy atom. The number of allylic oxidation sites excluding steroid dienone is 4. The molecule has 0 spiro atoms. The Morgan fingerprint density at radius 1 is 1.13 bits per heavy atom. The molecule has 0 fully saturated rings. The number of aliphatic hydroxyl groups is 1. The fourth-order valence-corrected chi connectivity index (χ4v) is 4.61. The van der Waals surface area contributed by atoms with Gasteiger partial charge in [0.1, 0.15) is 6.10 Å². The molecule has 6 N–H and O–H groups in total. The largest absolute Gasteiger partial charge is 0.439 e. The number of ether oxygens (including phenoxy) is 3. The van der Waals surface area contributed by atoms with E-state index in [1.807, 2.05) is 6.92 Å². The first-order chi connectivity index (χ1) is 18.3. The monoisotopic (exact) mass is 548 g/mol. The van der Waals surface area contributed by atoms with E-state index in [1.54, 1.807) is 26.0 Å². The van der Waals surface area contributed by atoms with E-state index >= 15 is 0 Å². The van der Waals surface area contributed by atoms with Gasteiger partial charge in [0.25, 0.3) is 5.91 Å². The Labute approximate surface area is 228 Å². The van der Waals surface area contributed by atoms with Crippen molar-refractivity contribution < 1.29 is 38.5 Å². The van der Waals surface area contributed by atoms with Crippen molar-refractivity contribution in [3.63, 3.8) is 0 Å². The zero-order chi connectivity index (χ0) is 29.4. The highest BCUT2D eigenvalue weighted by Gasteiger charge is 2.32. The average molecular weight is 549 g/mol. The molecule has 0 saturated heterocycles. The van der Waals surface area contributed by atoms with E-state index in [0.717, 1.165) is 6.08 Å². The highest BCUT2D eigenvalue weighted by molar-refractivity contribution is 6.23. The molecule has 2 unspecified atom stereocenters. The van der Waals surface area contributed by atoms with Crippen LogP contribution in [0.5, 0.6) is 0 Å². The van der Waals surface area contributed by atoms with Crippen molar-refractivity contribution in [2.24, 2.45) is 23.3 Å². The summed E-state index contributed by atoms with van der Waals surface area (Å²) >= 11 is 0. The lowest BCUT2D eigenvalue weighted by Gasteiger charge is -2.29. The zero-order valence-electron chi connectivity index (χ0n) is 23.2. The Morgan fingerprint density at radius 2 is 1.79 bits per heavy atom. The van der Waals surface area contributed by atoms with Crippen molar-refractivity contribution in [2.45, 2.75) is 65.0 Å². The molecule has 2 aliphatic rings. The second-order valence-electron chi connectivity index (χ2n) is 9.97. The molecule has 2 amide bonds. The summed E-state index contributed by atoms with van der Waals surface area (Å²) in [5.41, 5.74) is 11.9. The van der Waals surface area contributed by atoms with Crippen molar-refractivity contribution in [1.29, 1.82) is 0 Å². The summed E-state index contributed by atoms with van der Waals surface area (Å²) in [5, 5.41) is 13.6. The van der Waals surface area contributed by atoms with Crippen molar-refractivity contribution in [1.82, 2.24) is 5.32 Å². The van der Waals surface area contributed by atoms with Gasteiger partial charge in [0.05, 0.1) is 23.6 Å². The van der Waals surface area contributed by atoms with E-state index in [4.69, 9.17) is 25.7 Å². The van der Waals surface area contributed by atoms with Crippen molar-refractivity contribution in [3.05, 3.63) is 58.5 Å². The van der Waals surface area contributed by atoms with E-state index < -0.39 is 53.9 Å². The van der Waals surface area contributed by atoms with Gasteiger partial charge in [-0.05, 0) is 38.2 Å². The molecular weight excluding hydrogens is 509 g/mol. The van der Waals surface area contributed by atoms with Crippen molar-refractivity contribution in [2.75, 3.05) is 14.2 Å². The highest BCUT2D eigenvalue weighted by Crippen LogP contribution is 2.28. The van der Waals surface area contributed by atoms with Gasteiger partial charge in [-0.2, -0.15) is 0 Å². The van der Waals surface area contributed by atoms with Gasteiger partial charge in [0, 0.05) is 37.4 Å². The van der Waals surface area contributed by atoms with Crippen LogP contribution >= 0.6 is 0 Å². The third-order valence-electron chi connectivity index (χ3n) is 6.84. The molecule has 0 aromatic heterocycles. The maximum Gasteiger partial charge on any atom is 0.405 e. The zero-order valence-corrected chi connectivity index (χ0v) is 23.2. The molecule has 2 rings (SSSR count). The van der Waals surface area contributed by atoms with Crippen LogP contribution in [-0.2, 0) is 28.6 Å². The van der Waals surface area contributed by atoms with Crippen LogP contribution in [0, 0.1) is 11.8 Å². The second-order valence-corrected chi connectivity index (χ2v) is 9.97. The maximum atomic E-state index is 13.2.